The third-order valence-electron chi connectivity index (χ3n) is 3.23. The minimum Gasteiger partial charge on any atom is -0.383 e. The van der Waals surface area contributed by atoms with Crippen LogP contribution in [0.25, 0.3) is 0 Å². The molecule has 80 valence electrons. The van der Waals surface area contributed by atoms with Crippen LogP contribution >= 0.6 is 11.8 Å². The molecule has 3 rings (SSSR count). The first kappa shape index (κ1) is 9.40. The van der Waals surface area contributed by atoms with Crippen molar-refractivity contribution in [2.75, 3.05) is 34.8 Å². The number of anilines is 2. The molecule has 0 aliphatic carbocycles. The Balaban J connectivity index is 1.99. The van der Waals surface area contributed by atoms with E-state index < -0.39 is 0 Å². The molecule has 15 heavy (non-hydrogen) atoms. The van der Waals surface area contributed by atoms with Crippen molar-refractivity contribution in [2.45, 2.75) is 12.5 Å². The van der Waals surface area contributed by atoms with Gasteiger partial charge in [-0.2, -0.15) is 11.8 Å². The Hall–Kier alpha value is -0.830. The van der Waals surface area contributed by atoms with E-state index in [1.807, 2.05) is 0 Å². The summed E-state index contributed by atoms with van der Waals surface area (Å²) in [5.74, 6) is 2.56. The van der Waals surface area contributed by atoms with Gasteiger partial charge in [0.1, 0.15) is 0 Å². The fourth-order valence-corrected chi connectivity index (χ4v) is 3.57. The molecule has 1 fully saturated rings. The molecule has 0 spiro atoms. The average molecular weight is 220 g/mol. The summed E-state index contributed by atoms with van der Waals surface area (Å²) in [6, 6.07) is 9.44. The Morgan fingerprint density at radius 2 is 2.27 bits per heavy atom. The fraction of sp³-hybridized carbons (Fsp3) is 0.500. The number of benzene rings is 1. The van der Waals surface area contributed by atoms with E-state index in [4.69, 9.17) is 0 Å². The van der Waals surface area contributed by atoms with Gasteiger partial charge in [-0.25, -0.2) is 0 Å². The highest BCUT2D eigenvalue weighted by atomic mass is 32.2. The first-order valence-corrected chi connectivity index (χ1v) is 6.78. The van der Waals surface area contributed by atoms with Crippen molar-refractivity contribution >= 4 is 23.1 Å². The topological polar surface area (TPSA) is 15.3 Å². The Morgan fingerprint density at radius 1 is 1.33 bits per heavy atom. The van der Waals surface area contributed by atoms with Gasteiger partial charge in [-0.3, -0.25) is 0 Å². The number of para-hydroxylation sites is 2. The van der Waals surface area contributed by atoms with E-state index in [-0.39, 0.29) is 0 Å². The molecule has 1 aromatic rings. The Kier molecular flexibility index (Phi) is 2.49. The number of hydrogen-bond donors (Lipinski definition) is 1. The zero-order valence-corrected chi connectivity index (χ0v) is 9.59. The maximum absolute atomic E-state index is 3.53. The first-order valence-electron chi connectivity index (χ1n) is 5.62. The molecule has 0 amide bonds. The van der Waals surface area contributed by atoms with E-state index in [0.717, 1.165) is 12.6 Å². The van der Waals surface area contributed by atoms with Crippen molar-refractivity contribution in [1.29, 1.82) is 0 Å². The summed E-state index contributed by atoms with van der Waals surface area (Å²) in [7, 11) is 0. The van der Waals surface area contributed by atoms with Crippen LogP contribution < -0.4 is 10.2 Å². The maximum Gasteiger partial charge on any atom is 0.0605 e. The summed E-state index contributed by atoms with van der Waals surface area (Å²) in [5, 5.41) is 3.53. The molecule has 1 unspecified atom stereocenters. The van der Waals surface area contributed by atoms with E-state index in [1.165, 1.54) is 35.8 Å². The smallest absolute Gasteiger partial charge is 0.0605 e. The summed E-state index contributed by atoms with van der Waals surface area (Å²) < 4.78 is 0. The van der Waals surface area contributed by atoms with Crippen LogP contribution in [0.4, 0.5) is 11.4 Å². The molecule has 0 aromatic heterocycles. The van der Waals surface area contributed by atoms with Crippen LogP contribution in [0, 0.1) is 0 Å². The number of thioether (sulfide) groups is 1. The lowest BCUT2D eigenvalue weighted by Gasteiger charge is -2.36. The van der Waals surface area contributed by atoms with Crippen LogP contribution in [0.1, 0.15) is 6.42 Å². The van der Waals surface area contributed by atoms with Crippen molar-refractivity contribution in [2.24, 2.45) is 0 Å². The highest BCUT2D eigenvalue weighted by molar-refractivity contribution is 7.99. The van der Waals surface area contributed by atoms with Gasteiger partial charge in [0.25, 0.3) is 0 Å². The number of hydrogen-bond acceptors (Lipinski definition) is 3. The minimum atomic E-state index is 0.736. The molecular formula is C12H16N2S. The second-order valence-corrected chi connectivity index (χ2v) is 5.30. The Morgan fingerprint density at radius 3 is 3.27 bits per heavy atom. The maximum atomic E-state index is 3.53. The Bertz CT molecular complexity index is 353. The second kappa shape index (κ2) is 3.97. The highest BCUT2D eigenvalue weighted by Gasteiger charge is 2.26. The quantitative estimate of drug-likeness (QED) is 0.723. The van der Waals surface area contributed by atoms with E-state index in [1.54, 1.807) is 0 Å². The number of fused-ring (bicyclic) bond motifs is 3. The normalized spacial score (nSPS) is 24.8. The molecular weight excluding hydrogens is 204 g/mol. The lowest BCUT2D eigenvalue weighted by atomic mass is 10.2. The molecule has 1 saturated heterocycles. The molecule has 0 radical (unpaired) electrons. The van der Waals surface area contributed by atoms with E-state index in [2.05, 4.69) is 46.2 Å². The van der Waals surface area contributed by atoms with Crippen LogP contribution in [0.3, 0.4) is 0 Å². The van der Waals surface area contributed by atoms with Crippen LogP contribution in [0.5, 0.6) is 0 Å². The molecule has 2 heterocycles. The third kappa shape index (κ3) is 1.69. The van der Waals surface area contributed by atoms with Gasteiger partial charge in [-0.15, -0.1) is 0 Å². The van der Waals surface area contributed by atoms with Crippen LogP contribution in [-0.2, 0) is 0 Å². The van der Waals surface area contributed by atoms with Gasteiger partial charge in [0.15, 0.2) is 0 Å². The van der Waals surface area contributed by atoms with Crippen LogP contribution in [0.2, 0.25) is 0 Å². The molecule has 1 aromatic carbocycles. The molecule has 1 N–H and O–H groups in total. The van der Waals surface area contributed by atoms with Gasteiger partial charge in [-0.05, 0) is 18.6 Å². The van der Waals surface area contributed by atoms with Gasteiger partial charge in [0.05, 0.1) is 11.4 Å². The third-order valence-corrected chi connectivity index (χ3v) is 4.33. The summed E-state index contributed by atoms with van der Waals surface area (Å²) in [6.45, 7) is 2.31. The van der Waals surface area contributed by atoms with Gasteiger partial charge in [0.2, 0.25) is 0 Å². The van der Waals surface area contributed by atoms with E-state index in [9.17, 15) is 0 Å². The zero-order valence-electron chi connectivity index (χ0n) is 8.78. The van der Waals surface area contributed by atoms with Crippen LogP contribution in [-0.4, -0.2) is 30.6 Å². The van der Waals surface area contributed by atoms with E-state index >= 15 is 0 Å². The Labute approximate surface area is 95.0 Å². The fourth-order valence-electron chi connectivity index (χ4n) is 2.46. The first-order chi connectivity index (χ1) is 7.45. The number of rotatable bonds is 0. The predicted molar refractivity (Wildman–Crippen MR) is 68.0 cm³/mol. The van der Waals surface area contributed by atoms with Crippen molar-refractivity contribution < 1.29 is 0 Å². The standard InChI is InChI=1S/C12H16N2S/c1-2-4-12-11(3-1)13-6-5-10-9-15-8-7-14(10)12/h1-4,10,13H,5-9H2. The predicted octanol–water partition coefficient (Wildman–Crippen LogP) is 2.42. The molecule has 2 nitrogen and oxygen atoms in total. The summed E-state index contributed by atoms with van der Waals surface area (Å²) in [5.41, 5.74) is 2.72. The van der Waals surface area contributed by atoms with Crippen molar-refractivity contribution in [3.63, 3.8) is 0 Å². The zero-order chi connectivity index (χ0) is 10.1. The van der Waals surface area contributed by atoms with Gasteiger partial charge < -0.3 is 10.2 Å². The van der Waals surface area contributed by atoms with Gasteiger partial charge >= 0.3 is 0 Å². The van der Waals surface area contributed by atoms with Crippen molar-refractivity contribution in [1.82, 2.24) is 0 Å². The summed E-state index contributed by atoms with van der Waals surface area (Å²) >= 11 is 2.10. The lowest BCUT2D eigenvalue weighted by molar-refractivity contribution is 0.625. The number of nitrogens with zero attached hydrogens (tertiary/aromatic N) is 1. The molecule has 0 bridgehead atoms. The largest absolute Gasteiger partial charge is 0.383 e. The van der Waals surface area contributed by atoms with Crippen molar-refractivity contribution in [3.05, 3.63) is 24.3 Å². The average Bonchev–Trinajstić information content (AvgIpc) is 2.48. The monoisotopic (exact) mass is 220 g/mol. The second-order valence-electron chi connectivity index (χ2n) is 4.15. The lowest BCUT2D eigenvalue weighted by Crippen LogP contribution is -2.42. The van der Waals surface area contributed by atoms with Gasteiger partial charge in [-0.1, -0.05) is 12.1 Å². The summed E-state index contributed by atoms with van der Waals surface area (Å²) in [4.78, 5) is 2.59. The molecule has 2 aliphatic rings. The van der Waals surface area contributed by atoms with E-state index in [0.29, 0.717) is 0 Å². The van der Waals surface area contributed by atoms with Crippen LogP contribution in [0.15, 0.2) is 24.3 Å². The molecule has 2 aliphatic heterocycles. The van der Waals surface area contributed by atoms with Gasteiger partial charge in [0, 0.05) is 30.6 Å². The molecule has 3 heteroatoms. The SMILES string of the molecule is c1ccc2c(c1)NCCC1CSCCN21. The summed E-state index contributed by atoms with van der Waals surface area (Å²) in [6.07, 6.45) is 1.27. The number of nitrogens with one attached hydrogen (secondary N) is 1. The molecule has 1 atom stereocenters. The minimum absolute atomic E-state index is 0.736. The van der Waals surface area contributed by atoms with Crippen molar-refractivity contribution in [3.8, 4) is 0 Å². The highest BCUT2D eigenvalue weighted by Crippen LogP contribution is 2.33. The molecule has 0 saturated carbocycles.